The third kappa shape index (κ3) is 2.57. The van der Waals surface area contributed by atoms with Crippen molar-refractivity contribution in [2.45, 2.75) is 20.3 Å². The lowest BCUT2D eigenvalue weighted by Crippen LogP contribution is -2.40. The highest BCUT2D eigenvalue weighted by atomic mass is 32.1. The van der Waals surface area contributed by atoms with Crippen molar-refractivity contribution >= 4 is 23.3 Å². The molecule has 0 bridgehead atoms. The third-order valence-corrected chi connectivity index (χ3v) is 2.85. The molecule has 0 aliphatic rings. The first kappa shape index (κ1) is 12.6. The minimum Gasteiger partial charge on any atom is -0.480 e. The molecule has 0 aliphatic heterocycles. The Morgan fingerprint density at radius 3 is 2.75 bits per heavy atom. The van der Waals surface area contributed by atoms with Crippen LogP contribution in [0.2, 0.25) is 0 Å². The van der Waals surface area contributed by atoms with Crippen molar-refractivity contribution in [2.24, 2.45) is 5.41 Å². The molecule has 0 aliphatic carbocycles. The van der Waals surface area contributed by atoms with Crippen molar-refractivity contribution in [3.63, 3.8) is 0 Å². The maximum Gasteiger partial charge on any atom is 0.323 e. The molecule has 88 valence electrons. The Morgan fingerprint density at radius 2 is 2.31 bits per heavy atom. The maximum absolute atomic E-state index is 11.6. The first-order chi connectivity index (χ1) is 7.50. The van der Waals surface area contributed by atoms with Crippen LogP contribution in [-0.4, -0.2) is 28.6 Å². The molecule has 1 N–H and O–H groups in total. The second kappa shape index (κ2) is 5.07. The van der Waals surface area contributed by atoms with E-state index in [1.165, 1.54) is 18.3 Å². The van der Waals surface area contributed by atoms with Crippen LogP contribution in [0, 0.1) is 5.41 Å². The van der Waals surface area contributed by atoms with Crippen molar-refractivity contribution in [2.75, 3.05) is 6.61 Å². The van der Waals surface area contributed by atoms with Crippen LogP contribution in [0.3, 0.4) is 0 Å². The van der Waals surface area contributed by atoms with Crippen LogP contribution in [-0.2, 0) is 20.7 Å². The van der Waals surface area contributed by atoms with E-state index in [2.05, 4.69) is 4.98 Å². The number of aliphatic carboxylic acids is 1. The summed E-state index contributed by atoms with van der Waals surface area (Å²) < 4.78 is 4.77. The molecule has 0 radical (unpaired) electrons. The highest BCUT2D eigenvalue weighted by Crippen LogP contribution is 2.25. The number of hydrogen-bond donors (Lipinski definition) is 1. The van der Waals surface area contributed by atoms with Crippen molar-refractivity contribution in [1.29, 1.82) is 0 Å². The van der Waals surface area contributed by atoms with Gasteiger partial charge in [0.2, 0.25) is 0 Å². The molecule has 1 aromatic rings. The van der Waals surface area contributed by atoms with Crippen molar-refractivity contribution in [1.82, 2.24) is 4.98 Å². The molecule has 0 fully saturated rings. The molecule has 5 nitrogen and oxygen atoms in total. The van der Waals surface area contributed by atoms with Crippen LogP contribution in [0.1, 0.15) is 19.5 Å². The Hall–Kier alpha value is -1.43. The summed E-state index contributed by atoms with van der Waals surface area (Å²) in [6.45, 7) is 3.16. The van der Waals surface area contributed by atoms with Crippen LogP contribution in [0.25, 0.3) is 0 Å². The van der Waals surface area contributed by atoms with Gasteiger partial charge in [0.1, 0.15) is 0 Å². The molecule has 0 amide bonds. The van der Waals surface area contributed by atoms with E-state index in [-0.39, 0.29) is 13.0 Å². The molecule has 1 atom stereocenters. The number of carbonyl (C=O) groups is 2. The highest BCUT2D eigenvalue weighted by molar-refractivity contribution is 7.07. The van der Waals surface area contributed by atoms with Gasteiger partial charge in [0.15, 0.2) is 5.41 Å². The number of carboxylic acid groups (broad SMARTS) is 1. The van der Waals surface area contributed by atoms with E-state index in [1.807, 2.05) is 0 Å². The van der Waals surface area contributed by atoms with Crippen molar-refractivity contribution in [3.8, 4) is 0 Å². The van der Waals surface area contributed by atoms with E-state index in [1.54, 1.807) is 17.8 Å². The molecular formula is C10H13NO4S. The minimum absolute atomic E-state index is 0.0463. The standard InChI is InChI=1S/C10H13NO4S/c1-3-15-9(14)10(2,8(12)13)4-7-5-16-6-11-7/h5-6H,3-4H2,1-2H3,(H,12,13). The smallest absolute Gasteiger partial charge is 0.323 e. The van der Waals surface area contributed by atoms with E-state index < -0.39 is 17.4 Å². The van der Waals surface area contributed by atoms with Gasteiger partial charge in [0.05, 0.1) is 17.8 Å². The first-order valence-corrected chi connectivity index (χ1v) is 5.72. The normalized spacial score (nSPS) is 14.1. The Morgan fingerprint density at radius 1 is 1.62 bits per heavy atom. The summed E-state index contributed by atoms with van der Waals surface area (Å²) in [6, 6.07) is 0. The summed E-state index contributed by atoms with van der Waals surface area (Å²) in [5.74, 6) is -1.92. The van der Waals surface area contributed by atoms with E-state index in [9.17, 15) is 9.59 Å². The number of carboxylic acids is 1. The summed E-state index contributed by atoms with van der Waals surface area (Å²) in [4.78, 5) is 26.7. The quantitative estimate of drug-likeness (QED) is 0.623. The Balaban J connectivity index is 2.88. The number of nitrogens with zero attached hydrogens (tertiary/aromatic N) is 1. The molecule has 1 heterocycles. The second-order valence-electron chi connectivity index (χ2n) is 3.51. The van der Waals surface area contributed by atoms with Crippen LogP contribution in [0.5, 0.6) is 0 Å². The van der Waals surface area contributed by atoms with Gasteiger partial charge >= 0.3 is 11.9 Å². The Bertz CT molecular complexity index is 376. The molecule has 0 spiro atoms. The highest BCUT2D eigenvalue weighted by Gasteiger charge is 2.43. The number of ether oxygens (including phenoxy) is 1. The molecular weight excluding hydrogens is 230 g/mol. The van der Waals surface area contributed by atoms with Crippen molar-refractivity contribution < 1.29 is 19.4 Å². The summed E-state index contributed by atoms with van der Waals surface area (Å²) in [7, 11) is 0. The molecule has 1 rings (SSSR count). The van der Waals surface area contributed by atoms with Gasteiger partial charge < -0.3 is 9.84 Å². The monoisotopic (exact) mass is 243 g/mol. The summed E-state index contributed by atoms with van der Waals surface area (Å²) in [5.41, 5.74) is 0.621. The van der Waals surface area contributed by atoms with Crippen LogP contribution in [0.4, 0.5) is 0 Å². The van der Waals surface area contributed by atoms with Gasteiger partial charge in [-0.1, -0.05) is 0 Å². The topological polar surface area (TPSA) is 76.5 Å². The summed E-state index contributed by atoms with van der Waals surface area (Å²) in [6.07, 6.45) is 0.0463. The summed E-state index contributed by atoms with van der Waals surface area (Å²) in [5, 5.41) is 10.8. The fraction of sp³-hybridized carbons (Fsp3) is 0.500. The van der Waals surface area contributed by atoms with Gasteiger partial charge in [0, 0.05) is 11.8 Å². The predicted octanol–water partition coefficient (Wildman–Crippen LogP) is 1.34. The zero-order valence-corrected chi connectivity index (χ0v) is 9.91. The lowest BCUT2D eigenvalue weighted by Gasteiger charge is -2.21. The Kier molecular flexibility index (Phi) is 4.00. The first-order valence-electron chi connectivity index (χ1n) is 4.78. The fourth-order valence-corrected chi connectivity index (χ4v) is 1.77. The number of rotatable bonds is 5. The van der Waals surface area contributed by atoms with Gasteiger partial charge in [-0.3, -0.25) is 9.59 Å². The predicted molar refractivity (Wildman–Crippen MR) is 58.2 cm³/mol. The average Bonchev–Trinajstić information content (AvgIpc) is 2.70. The molecule has 0 saturated carbocycles. The molecule has 16 heavy (non-hydrogen) atoms. The van der Waals surface area contributed by atoms with Gasteiger partial charge in [-0.15, -0.1) is 11.3 Å². The van der Waals surface area contributed by atoms with Crippen LogP contribution < -0.4 is 0 Å². The van der Waals surface area contributed by atoms with Crippen molar-refractivity contribution in [3.05, 3.63) is 16.6 Å². The molecule has 0 saturated heterocycles. The number of aromatic nitrogens is 1. The van der Waals surface area contributed by atoms with E-state index in [4.69, 9.17) is 9.84 Å². The third-order valence-electron chi connectivity index (χ3n) is 2.22. The molecule has 6 heteroatoms. The molecule has 0 aromatic carbocycles. The molecule has 1 unspecified atom stereocenters. The average molecular weight is 243 g/mol. The molecule has 1 aromatic heterocycles. The minimum atomic E-state index is -1.57. The summed E-state index contributed by atoms with van der Waals surface area (Å²) >= 11 is 1.36. The van der Waals surface area contributed by atoms with Gasteiger partial charge in [0.25, 0.3) is 0 Å². The van der Waals surface area contributed by atoms with Crippen LogP contribution >= 0.6 is 11.3 Å². The maximum atomic E-state index is 11.6. The SMILES string of the molecule is CCOC(=O)C(C)(Cc1cscn1)C(=O)O. The number of hydrogen-bond acceptors (Lipinski definition) is 5. The van der Waals surface area contributed by atoms with Gasteiger partial charge in [-0.25, -0.2) is 4.98 Å². The zero-order valence-electron chi connectivity index (χ0n) is 9.10. The lowest BCUT2D eigenvalue weighted by molar-refractivity contribution is -0.167. The van der Waals surface area contributed by atoms with Gasteiger partial charge in [-0.2, -0.15) is 0 Å². The van der Waals surface area contributed by atoms with E-state index >= 15 is 0 Å². The number of carbonyl (C=O) groups excluding carboxylic acids is 1. The van der Waals surface area contributed by atoms with E-state index in [0.717, 1.165) is 0 Å². The Labute approximate surface area is 97.1 Å². The zero-order chi connectivity index (χ0) is 12.2. The van der Waals surface area contributed by atoms with Gasteiger partial charge in [-0.05, 0) is 13.8 Å². The largest absolute Gasteiger partial charge is 0.480 e. The van der Waals surface area contributed by atoms with E-state index in [0.29, 0.717) is 5.69 Å². The fourth-order valence-electron chi connectivity index (χ4n) is 1.21. The number of thiazole rings is 1. The second-order valence-corrected chi connectivity index (χ2v) is 4.23. The van der Waals surface area contributed by atoms with Crippen LogP contribution in [0.15, 0.2) is 10.9 Å². The number of esters is 1. The lowest BCUT2D eigenvalue weighted by atomic mass is 9.86.